The molecule has 0 bridgehead atoms. The predicted octanol–water partition coefficient (Wildman–Crippen LogP) is 5.95. The van der Waals surface area contributed by atoms with Crippen molar-refractivity contribution in [2.45, 2.75) is 80.2 Å². The van der Waals surface area contributed by atoms with E-state index in [0.717, 1.165) is 56.6 Å². The molecule has 3 heterocycles. The molecule has 2 saturated heterocycles. The first kappa shape index (κ1) is 28.5. The number of unbranched alkanes of at least 4 members (excludes halogenated alkanes) is 1. The number of carbonyl (C=O) groups excluding carboxylic acids is 1. The van der Waals surface area contributed by atoms with Crippen LogP contribution in [-0.4, -0.2) is 39.3 Å². The molecule has 2 fully saturated rings. The summed E-state index contributed by atoms with van der Waals surface area (Å²) in [6, 6.07) is 2.12. The van der Waals surface area contributed by atoms with Crippen LogP contribution < -0.4 is 10.5 Å². The zero-order valence-corrected chi connectivity index (χ0v) is 24.2. The first-order valence-corrected chi connectivity index (χ1v) is 14.6. The summed E-state index contributed by atoms with van der Waals surface area (Å²) in [6.07, 6.45) is 7.41. The molecular weight excluding hydrogens is 488 g/mol. The fourth-order valence-corrected chi connectivity index (χ4v) is 6.83. The Labute approximate surface area is 225 Å². The number of hydrogen-bond acceptors (Lipinski definition) is 6. The van der Waals surface area contributed by atoms with Crippen molar-refractivity contribution >= 4 is 46.1 Å². The van der Waals surface area contributed by atoms with Gasteiger partial charge in [-0.2, -0.15) is 5.26 Å². The van der Waals surface area contributed by atoms with Gasteiger partial charge in [0.15, 0.2) is 0 Å². The molecule has 3 atom stereocenters. The van der Waals surface area contributed by atoms with Crippen LogP contribution in [0.3, 0.4) is 0 Å². The number of amides is 1. The number of thioether (sulfide) groups is 1. The molecule has 36 heavy (non-hydrogen) atoms. The van der Waals surface area contributed by atoms with Crippen molar-refractivity contribution in [2.24, 2.45) is 17.8 Å². The van der Waals surface area contributed by atoms with E-state index >= 15 is 0 Å². The van der Waals surface area contributed by atoms with Gasteiger partial charge >= 0.3 is 0 Å². The Morgan fingerprint density at radius 1 is 1.19 bits per heavy atom. The minimum atomic E-state index is -0.259. The summed E-state index contributed by atoms with van der Waals surface area (Å²) in [5.41, 5.74) is 1.30. The van der Waals surface area contributed by atoms with E-state index in [1.54, 1.807) is 9.47 Å². The second kappa shape index (κ2) is 12.4. The van der Waals surface area contributed by atoms with Gasteiger partial charge in [-0.05, 0) is 56.1 Å². The molecule has 2 aliphatic rings. The average molecular weight is 529 g/mol. The minimum Gasteiger partial charge on any atom is -0.357 e. The second-order valence-electron chi connectivity index (χ2n) is 10.5. The number of aromatic nitrogens is 1. The lowest BCUT2D eigenvalue weighted by Crippen LogP contribution is -2.42. The van der Waals surface area contributed by atoms with Gasteiger partial charge in [-0.25, -0.2) is 0 Å². The lowest BCUT2D eigenvalue weighted by molar-refractivity contribution is -0.122. The third kappa shape index (κ3) is 5.89. The molecule has 0 saturated carbocycles. The quantitative estimate of drug-likeness (QED) is 0.291. The van der Waals surface area contributed by atoms with Crippen LogP contribution in [0.5, 0.6) is 0 Å². The van der Waals surface area contributed by atoms with E-state index in [0.29, 0.717) is 45.6 Å². The van der Waals surface area contributed by atoms with Gasteiger partial charge in [0, 0.05) is 31.7 Å². The predicted molar refractivity (Wildman–Crippen MR) is 154 cm³/mol. The highest BCUT2D eigenvalue weighted by atomic mass is 32.2. The molecule has 8 heteroatoms. The smallest absolute Gasteiger partial charge is 0.270 e. The number of carbonyl (C=O) groups is 1. The van der Waals surface area contributed by atoms with Crippen LogP contribution in [0.25, 0.3) is 6.08 Å². The van der Waals surface area contributed by atoms with Gasteiger partial charge in [-0.3, -0.25) is 19.1 Å². The fourth-order valence-electron chi connectivity index (χ4n) is 5.58. The van der Waals surface area contributed by atoms with E-state index in [4.69, 9.17) is 12.2 Å². The Balaban J connectivity index is 2.10. The number of pyridine rings is 1. The maximum atomic E-state index is 13.5. The van der Waals surface area contributed by atoms with E-state index in [9.17, 15) is 14.9 Å². The van der Waals surface area contributed by atoms with E-state index in [-0.39, 0.29) is 17.0 Å². The highest BCUT2D eigenvalue weighted by Crippen LogP contribution is 2.38. The van der Waals surface area contributed by atoms with E-state index < -0.39 is 0 Å². The van der Waals surface area contributed by atoms with Crippen LogP contribution in [0.4, 0.5) is 5.82 Å². The van der Waals surface area contributed by atoms with Crippen LogP contribution in [0.15, 0.2) is 9.70 Å². The molecule has 1 amide bonds. The molecule has 0 N–H and O–H groups in total. The molecule has 2 aliphatic heterocycles. The zero-order chi connectivity index (χ0) is 26.6. The van der Waals surface area contributed by atoms with Gasteiger partial charge in [-0.1, -0.05) is 70.9 Å². The summed E-state index contributed by atoms with van der Waals surface area (Å²) in [4.78, 5) is 31.4. The van der Waals surface area contributed by atoms with Crippen molar-refractivity contribution in [3.63, 3.8) is 0 Å². The number of anilines is 1. The molecule has 0 aromatic carbocycles. The van der Waals surface area contributed by atoms with Gasteiger partial charge in [0.2, 0.25) is 0 Å². The molecule has 3 rings (SSSR count). The number of thiocarbonyl (C=S) groups is 1. The molecule has 1 aromatic rings. The van der Waals surface area contributed by atoms with Crippen molar-refractivity contribution in [1.82, 2.24) is 9.47 Å². The Kier molecular flexibility index (Phi) is 9.82. The number of hydrogen-bond donors (Lipinski definition) is 0. The van der Waals surface area contributed by atoms with Crippen LogP contribution in [0, 0.1) is 36.0 Å². The Hall–Kier alpha value is -2.11. The molecule has 3 unspecified atom stereocenters. The first-order chi connectivity index (χ1) is 17.2. The molecule has 0 spiro atoms. The Morgan fingerprint density at radius 2 is 1.86 bits per heavy atom. The lowest BCUT2D eigenvalue weighted by atomic mass is 9.91. The number of piperidine rings is 1. The summed E-state index contributed by atoms with van der Waals surface area (Å²) in [7, 11) is 0. The standard InChI is InChI=1S/C28H40N4O2S2/c1-7-10-11-21(8-2)17-32-27(34)24(36-28(32)35)13-22-20(6)23(14-29)26(33)31(9-3)25(22)30-15-18(4)12-19(5)16-30/h13,18-19,21H,7-12,15-17H2,1-6H3/b24-13+. The number of nitriles is 1. The molecular formula is C28H40N4O2S2. The highest BCUT2D eigenvalue weighted by molar-refractivity contribution is 8.26. The highest BCUT2D eigenvalue weighted by Gasteiger charge is 2.35. The molecule has 0 radical (unpaired) electrons. The van der Waals surface area contributed by atoms with Crippen LogP contribution in [-0.2, 0) is 11.3 Å². The maximum absolute atomic E-state index is 13.5. The molecule has 0 aliphatic carbocycles. The van der Waals surface area contributed by atoms with Crippen molar-refractivity contribution in [2.75, 3.05) is 24.5 Å². The van der Waals surface area contributed by atoms with Gasteiger partial charge in [-0.15, -0.1) is 0 Å². The topological polar surface area (TPSA) is 69.3 Å². The summed E-state index contributed by atoms with van der Waals surface area (Å²) in [5.74, 6) is 2.15. The molecule has 196 valence electrons. The van der Waals surface area contributed by atoms with E-state index in [1.165, 1.54) is 11.8 Å². The summed E-state index contributed by atoms with van der Waals surface area (Å²) in [6.45, 7) is 15.4. The van der Waals surface area contributed by atoms with Crippen molar-refractivity contribution in [3.8, 4) is 6.07 Å². The van der Waals surface area contributed by atoms with Crippen LogP contribution >= 0.6 is 24.0 Å². The van der Waals surface area contributed by atoms with Crippen molar-refractivity contribution in [3.05, 3.63) is 31.9 Å². The average Bonchev–Trinajstić information content (AvgIpc) is 3.09. The van der Waals surface area contributed by atoms with Gasteiger partial charge in [0.05, 0.1) is 4.91 Å². The molecule has 6 nitrogen and oxygen atoms in total. The maximum Gasteiger partial charge on any atom is 0.270 e. The van der Waals surface area contributed by atoms with Crippen LogP contribution in [0.2, 0.25) is 0 Å². The summed E-state index contributed by atoms with van der Waals surface area (Å²) < 4.78 is 2.30. The van der Waals surface area contributed by atoms with Crippen molar-refractivity contribution < 1.29 is 4.79 Å². The summed E-state index contributed by atoms with van der Waals surface area (Å²) >= 11 is 6.97. The monoisotopic (exact) mass is 528 g/mol. The first-order valence-electron chi connectivity index (χ1n) is 13.3. The Bertz CT molecular complexity index is 1120. The third-order valence-electron chi connectivity index (χ3n) is 7.46. The zero-order valence-electron chi connectivity index (χ0n) is 22.6. The number of nitrogens with zero attached hydrogens (tertiary/aromatic N) is 4. The lowest BCUT2D eigenvalue weighted by Gasteiger charge is -2.38. The van der Waals surface area contributed by atoms with E-state index in [2.05, 4.69) is 38.7 Å². The molecule has 1 aromatic heterocycles. The third-order valence-corrected chi connectivity index (χ3v) is 8.84. The minimum absolute atomic E-state index is 0.0709. The van der Waals surface area contributed by atoms with Gasteiger partial charge in [0.25, 0.3) is 11.5 Å². The van der Waals surface area contributed by atoms with Gasteiger partial charge in [0.1, 0.15) is 21.8 Å². The SMILES string of the molecule is CCCCC(CC)CN1C(=O)/C(=C\c2c(C)c(C#N)c(=O)n(CC)c2N2CC(C)CC(C)C2)SC1=S. The largest absolute Gasteiger partial charge is 0.357 e. The number of rotatable bonds is 9. The summed E-state index contributed by atoms with van der Waals surface area (Å²) in [5, 5.41) is 9.82. The van der Waals surface area contributed by atoms with Crippen LogP contribution in [0.1, 0.15) is 83.4 Å². The normalized spacial score (nSPS) is 22.4. The van der Waals surface area contributed by atoms with Gasteiger partial charge < -0.3 is 4.90 Å². The fraction of sp³-hybridized carbons (Fsp3) is 0.643. The second-order valence-corrected chi connectivity index (χ2v) is 12.1. The Morgan fingerprint density at radius 3 is 2.42 bits per heavy atom. The van der Waals surface area contributed by atoms with Crippen molar-refractivity contribution in [1.29, 1.82) is 5.26 Å². The van der Waals surface area contributed by atoms with E-state index in [1.807, 2.05) is 19.9 Å².